The van der Waals surface area contributed by atoms with Gasteiger partial charge in [0.25, 0.3) is 0 Å². The minimum atomic E-state index is -0.258. The van der Waals surface area contributed by atoms with Crippen LogP contribution in [0.3, 0.4) is 0 Å². The minimum Gasteiger partial charge on any atom is -0.329 e. The maximum absolute atomic E-state index is 12.7. The molecule has 0 N–H and O–H groups in total. The summed E-state index contributed by atoms with van der Waals surface area (Å²) < 4.78 is 0. The molecule has 4 nitrogen and oxygen atoms in total. The van der Waals surface area contributed by atoms with E-state index < -0.39 is 0 Å². The third-order valence-electron chi connectivity index (χ3n) is 4.50. The molecule has 0 aromatic rings. The number of hydrogen-bond donors (Lipinski definition) is 0. The van der Waals surface area contributed by atoms with Crippen molar-refractivity contribution in [1.29, 1.82) is 0 Å². The first-order chi connectivity index (χ1) is 9.47. The van der Waals surface area contributed by atoms with E-state index in [0.717, 1.165) is 25.8 Å². The van der Waals surface area contributed by atoms with Crippen molar-refractivity contribution >= 4 is 23.6 Å². The Bertz CT molecular complexity index is 386. The average molecular weight is 298 g/mol. The van der Waals surface area contributed by atoms with Crippen LogP contribution in [0.4, 0.5) is 0 Å². The quantitative estimate of drug-likeness (QED) is 0.779. The summed E-state index contributed by atoms with van der Waals surface area (Å²) >= 11 is 1.81. The Balaban J connectivity index is 2.16. The third kappa shape index (κ3) is 2.83. The molecule has 20 heavy (non-hydrogen) atoms. The Hall–Kier alpha value is -0.710. The number of amides is 2. The van der Waals surface area contributed by atoms with E-state index in [1.807, 2.05) is 35.4 Å². The van der Waals surface area contributed by atoms with Gasteiger partial charge in [0.2, 0.25) is 11.8 Å². The highest BCUT2D eigenvalue weighted by atomic mass is 32.2. The number of carbonyl (C=O) groups is 2. The van der Waals surface area contributed by atoms with E-state index in [-0.39, 0.29) is 29.8 Å². The van der Waals surface area contributed by atoms with E-state index in [4.69, 9.17) is 0 Å². The molecule has 0 saturated carbocycles. The fourth-order valence-electron chi connectivity index (χ4n) is 3.25. The first-order valence-electron chi connectivity index (χ1n) is 7.61. The molecule has 2 aliphatic heterocycles. The molecule has 2 fully saturated rings. The third-order valence-corrected chi connectivity index (χ3v) is 5.54. The van der Waals surface area contributed by atoms with Gasteiger partial charge in [-0.25, -0.2) is 0 Å². The lowest BCUT2D eigenvalue weighted by Gasteiger charge is -2.44. The predicted molar refractivity (Wildman–Crippen MR) is 82.7 cm³/mol. The van der Waals surface area contributed by atoms with E-state index in [0.29, 0.717) is 11.8 Å². The second-order valence-corrected chi connectivity index (χ2v) is 7.52. The van der Waals surface area contributed by atoms with Crippen molar-refractivity contribution in [3.8, 4) is 0 Å². The van der Waals surface area contributed by atoms with Crippen LogP contribution >= 0.6 is 11.8 Å². The lowest BCUT2D eigenvalue weighted by molar-refractivity contribution is -0.161. The highest BCUT2D eigenvalue weighted by Crippen LogP contribution is 2.30. The van der Waals surface area contributed by atoms with Crippen molar-refractivity contribution < 1.29 is 9.59 Å². The molecule has 5 heteroatoms. The SMILES string of the molecule is CSC(C)CCN1C(=O)C2CCCN2C(=O)C1C(C)C. The van der Waals surface area contributed by atoms with Crippen molar-refractivity contribution in [1.82, 2.24) is 9.80 Å². The molecule has 2 heterocycles. The smallest absolute Gasteiger partial charge is 0.246 e. The predicted octanol–water partition coefficient (Wildman–Crippen LogP) is 1.99. The molecule has 0 radical (unpaired) electrons. The van der Waals surface area contributed by atoms with Crippen LogP contribution in [0.25, 0.3) is 0 Å². The zero-order chi connectivity index (χ0) is 14.9. The van der Waals surface area contributed by atoms with Crippen LogP contribution in [0.15, 0.2) is 0 Å². The second kappa shape index (κ2) is 6.37. The van der Waals surface area contributed by atoms with Gasteiger partial charge in [0, 0.05) is 18.3 Å². The normalized spacial score (nSPS) is 28.2. The number of thioether (sulfide) groups is 1. The number of carbonyl (C=O) groups excluding carboxylic acids is 2. The zero-order valence-electron chi connectivity index (χ0n) is 13.0. The number of nitrogens with zero attached hydrogens (tertiary/aromatic N) is 2. The Morgan fingerprint density at radius 3 is 2.55 bits per heavy atom. The molecule has 0 aliphatic carbocycles. The van der Waals surface area contributed by atoms with Crippen molar-refractivity contribution in [2.24, 2.45) is 5.92 Å². The fourth-order valence-corrected chi connectivity index (χ4v) is 3.59. The van der Waals surface area contributed by atoms with Gasteiger partial charge in [-0.3, -0.25) is 9.59 Å². The lowest BCUT2D eigenvalue weighted by Crippen LogP contribution is -2.64. The molecule has 3 unspecified atom stereocenters. The monoisotopic (exact) mass is 298 g/mol. The molecule has 2 rings (SSSR count). The maximum Gasteiger partial charge on any atom is 0.246 e. The summed E-state index contributed by atoms with van der Waals surface area (Å²) in [6.45, 7) is 7.72. The molecular weight excluding hydrogens is 272 g/mol. The van der Waals surface area contributed by atoms with Crippen LogP contribution in [0, 0.1) is 5.92 Å². The Morgan fingerprint density at radius 2 is 1.95 bits per heavy atom. The molecule has 0 aromatic heterocycles. The van der Waals surface area contributed by atoms with Crippen LogP contribution in [0.1, 0.15) is 40.0 Å². The molecule has 114 valence electrons. The van der Waals surface area contributed by atoms with Crippen LogP contribution in [-0.2, 0) is 9.59 Å². The van der Waals surface area contributed by atoms with Gasteiger partial charge in [0.15, 0.2) is 0 Å². The summed E-state index contributed by atoms with van der Waals surface area (Å²) in [4.78, 5) is 29.0. The molecule has 2 amide bonds. The van der Waals surface area contributed by atoms with E-state index in [1.165, 1.54) is 0 Å². The molecule has 0 bridgehead atoms. The number of piperazine rings is 1. The number of rotatable bonds is 5. The Morgan fingerprint density at radius 1 is 1.25 bits per heavy atom. The summed E-state index contributed by atoms with van der Waals surface area (Å²) in [5, 5.41) is 0.521. The standard InChI is InChI=1S/C15H26N2O2S/c1-10(2)13-15(19)16-8-5-6-12(16)14(18)17(13)9-7-11(3)20-4/h10-13H,5-9H2,1-4H3. The van der Waals surface area contributed by atoms with Crippen LogP contribution in [0.5, 0.6) is 0 Å². The number of fused-ring (bicyclic) bond motifs is 1. The summed E-state index contributed by atoms with van der Waals surface area (Å²) in [7, 11) is 0. The van der Waals surface area contributed by atoms with Crippen molar-refractivity contribution in [2.45, 2.75) is 57.4 Å². The van der Waals surface area contributed by atoms with E-state index in [1.54, 1.807) is 0 Å². The lowest BCUT2D eigenvalue weighted by atomic mass is 9.95. The van der Waals surface area contributed by atoms with Gasteiger partial charge < -0.3 is 9.80 Å². The molecule has 3 atom stereocenters. The van der Waals surface area contributed by atoms with E-state index in [2.05, 4.69) is 13.2 Å². The summed E-state index contributed by atoms with van der Waals surface area (Å²) in [5.74, 6) is 0.519. The van der Waals surface area contributed by atoms with Gasteiger partial charge in [-0.1, -0.05) is 20.8 Å². The highest BCUT2D eigenvalue weighted by Gasteiger charge is 2.48. The summed E-state index contributed by atoms with van der Waals surface area (Å²) in [5.41, 5.74) is 0. The highest BCUT2D eigenvalue weighted by molar-refractivity contribution is 7.99. The van der Waals surface area contributed by atoms with Gasteiger partial charge in [-0.15, -0.1) is 0 Å². The van der Waals surface area contributed by atoms with Gasteiger partial charge in [-0.05, 0) is 31.4 Å². The largest absolute Gasteiger partial charge is 0.329 e. The first kappa shape index (κ1) is 15.7. The van der Waals surface area contributed by atoms with Crippen molar-refractivity contribution in [3.05, 3.63) is 0 Å². The minimum absolute atomic E-state index is 0.166. The van der Waals surface area contributed by atoms with Crippen LogP contribution in [0.2, 0.25) is 0 Å². The molecule has 0 aromatic carbocycles. The second-order valence-electron chi connectivity index (χ2n) is 6.25. The molecule has 2 aliphatic rings. The summed E-state index contributed by atoms with van der Waals surface area (Å²) in [6, 6.07) is -0.437. The first-order valence-corrected chi connectivity index (χ1v) is 8.90. The van der Waals surface area contributed by atoms with Gasteiger partial charge >= 0.3 is 0 Å². The van der Waals surface area contributed by atoms with Crippen molar-refractivity contribution in [3.63, 3.8) is 0 Å². The van der Waals surface area contributed by atoms with Crippen LogP contribution in [-0.4, -0.2) is 58.3 Å². The maximum atomic E-state index is 12.7. The van der Waals surface area contributed by atoms with Gasteiger partial charge in [0.05, 0.1) is 0 Å². The van der Waals surface area contributed by atoms with E-state index in [9.17, 15) is 9.59 Å². The molecule has 2 saturated heterocycles. The fraction of sp³-hybridized carbons (Fsp3) is 0.867. The molecular formula is C15H26N2O2S. The topological polar surface area (TPSA) is 40.6 Å². The summed E-state index contributed by atoms with van der Waals surface area (Å²) in [6.07, 6.45) is 4.84. The van der Waals surface area contributed by atoms with Gasteiger partial charge in [-0.2, -0.15) is 11.8 Å². The van der Waals surface area contributed by atoms with Crippen molar-refractivity contribution in [2.75, 3.05) is 19.3 Å². The zero-order valence-corrected chi connectivity index (χ0v) is 13.8. The molecule has 0 spiro atoms. The van der Waals surface area contributed by atoms with Crippen LogP contribution < -0.4 is 0 Å². The average Bonchev–Trinajstić information content (AvgIpc) is 2.90. The van der Waals surface area contributed by atoms with E-state index >= 15 is 0 Å². The Labute approximate surface area is 126 Å². The number of hydrogen-bond acceptors (Lipinski definition) is 3. The van der Waals surface area contributed by atoms with Gasteiger partial charge in [0.1, 0.15) is 12.1 Å². The Kier molecular flexibility index (Phi) is 4.99.